The van der Waals surface area contributed by atoms with Crippen molar-refractivity contribution in [1.82, 2.24) is 15.1 Å². The van der Waals surface area contributed by atoms with Gasteiger partial charge in [-0.05, 0) is 74.6 Å². The Labute approximate surface area is 194 Å². The Balaban J connectivity index is 1.23. The second-order valence-corrected chi connectivity index (χ2v) is 8.61. The Bertz CT molecular complexity index is 1170. The van der Waals surface area contributed by atoms with Crippen LogP contribution in [0.2, 0.25) is 0 Å². The fourth-order valence-corrected chi connectivity index (χ4v) is 4.10. The van der Waals surface area contributed by atoms with Crippen LogP contribution in [0.15, 0.2) is 83.3 Å². The number of rotatable bonds is 7. The summed E-state index contributed by atoms with van der Waals surface area (Å²) in [5.41, 5.74) is 4.15. The normalized spacial score (nSPS) is 15.8. The molecule has 1 atom stereocenters. The van der Waals surface area contributed by atoms with Gasteiger partial charge in [-0.25, -0.2) is 0 Å². The van der Waals surface area contributed by atoms with Crippen molar-refractivity contribution in [3.05, 3.63) is 84.4 Å². The first kappa shape index (κ1) is 21.2. The molecule has 1 aromatic heterocycles. The van der Waals surface area contributed by atoms with Crippen LogP contribution >= 0.6 is 0 Å². The predicted octanol–water partition coefficient (Wildman–Crippen LogP) is 5.12. The van der Waals surface area contributed by atoms with Crippen molar-refractivity contribution in [3.8, 4) is 28.7 Å². The Hall–Kier alpha value is -3.64. The van der Waals surface area contributed by atoms with Crippen LogP contribution in [0.3, 0.4) is 0 Å². The number of likely N-dealkylation sites (N-methyl/N-ethyl adjacent to an activating group) is 1. The molecule has 0 spiro atoms. The zero-order valence-electron chi connectivity index (χ0n) is 19.0. The van der Waals surface area contributed by atoms with Gasteiger partial charge in [0.25, 0.3) is 0 Å². The molecule has 1 unspecified atom stereocenters. The molecule has 33 heavy (non-hydrogen) atoms. The summed E-state index contributed by atoms with van der Waals surface area (Å²) in [5.74, 6) is 1.82. The van der Waals surface area contributed by atoms with Gasteiger partial charge in [-0.15, -0.1) is 10.2 Å². The summed E-state index contributed by atoms with van der Waals surface area (Å²) in [4.78, 5) is 4.73. The molecule has 1 fully saturated rings. The Kier molecular flexibility index (Phi) is 6.09. The molecule has 1 aliphatic rings. The first-order chi connectivity index (χ1) is 16.2. The molecule has 0 bridgehead atoms. The minimum Gasteiger partial charge on any atom is -0.489 e. The van der Waals surface area contributed by atoms with Gasteiger partial charge in [0.15, 0.2) is 0 Å². The van der Waals surface area contributed by atoms with Crippen LogP contribution in [0.25, 0.3) is 22.9 Å². The molecule has 0 N–H and O–H groups in total. The molecule has 1 saturated heterocycles. The summed E-state index contributed by atoms with van der Waals surface area (Å²) in [6.07, 6.45) is 1.19. The standard InChI is InChI=1S/C27H28N4O2/c1-30(2)24-16-17-31(18-24)23-12-8-21(9-13-23)26-28-29-27(33-26)22-10-14-25(15-11-22)32-19-20-6-4-3-5-7-20/h3-15,24H,16-19H2,1-2H3. The Morgan fingerprint density at radius 2 is 1.52 bits per heavy atom. The van der Waals surface area contributed by atoms with Crippen LogP contribution in [0.1, 0.15) is 12.0 Å². The summed E-state index contributed by atoms with van der Waals surface area (Å²) in [6.45, 7) is 2.67. The van der Waals surface area contributed by atoms with E-state index in [0.29, 0.717) is 24.4 Å². The van der Waals surface area contributed by atoms with Gasteiger partial charge in [0.2, 0.25) is 11.8 Å². The molecule has 0 amide bonds. The van der Waals surface area contributed by atoms with Crippen LogP contribution in [0.4, 0.5) is 5.69 Å². The fraction of sp³-hybridized carbons (Fsp3) is 0.259. The first-order valence-electron chi connectivity index (χ1n) is 11.3. The second kappa shape index (κ2) is 9.46. The topological polar surface area (TPSA) is 54.6 Å². The van der Waals surface area contributed by atoms with Crippen molar-refractivity contribution in [1.29, 1.82) is 0 Å². The Morgan fingerprint density at radius 3 is 2.12 bits per heavy atom. The van der Waals surface area contributed by atoms with Crippen LogP contribution in [0.5, 0.6) is 5.75 Å². The van der Waals surface area contributed by atoms with Crippen LogP contribution < -0.4 is 9.64 Å². The van der Waals surface area contributed by atoms with Crippen molar-refractivity contribution in [2.75, 3.05) is 32.1 Å². The Morgan fingerprint density at radius 1 is 0.879 bits per heavy atom. The molecule has 3 aromatic carbocycles. The molecule has 168 valence electrons. The van der Waals surface area contributed by atoms with Crippen molar-refractivity contribution in [2.24, 2.45) is 0 Å². The van der Waals surface area contributed by atoms with Crippen molar-refractivity contribution in [2.45, 2.75) is 19.1 Å². The predicted molar refractivity (Wildman–Crippen MR) is 130 cm³/mol. The molecule has 6 heteroatoms. The van der Waals surface area contributed by atoms with Gasteiger partial charge in [0.05, 0.1) is 0 Å². The number of nitrogens with zero attached hydrogens (tertiary/aromatic N) is 4. The maximum Gasteiger partial charge on any atom is 0.248 e. The summed E-state index contributed by atoms with van der Waals surface area (Å²) in [5, 5.41) is 8.50. The molecule has 2 heterocycles. The maximum atomic E-state index is 5.96. The second-order valence-electron chi connectivity index (χ2n) is 8.61. The highest BCUT2D eigenvalue weighted by Crippen LogP contribution is 2.28. The highest BCUT2D eigenvalue weighted by Gasteiger charge is 2.24. The number of aromatic nitrogens is 2. The summed E-state index contributed by atoms with van der Waals surface area (Å²) in [7, 11) is 4.30. The van der Waals surface area contributed by atoms with Crippen molar-refractivity contribution in [3.63, 3.8) is 0 Å². The third-order valence-corrected chi connectivity index (χ3v) is 6.15. The van der Waals surface area contributed by atoms with Crippen molar-refractivity contribution >= 4 is 5.69 Å². The molecule has 4 aromatic rings. The van der Waals surface area contributed by atoms with Crippen LogP contribution in [0, 0.1) is 0 Å². The van der Waals surface area contributed by atoms with E-state index in [4.69, 9.17) is 9.15 Å². The van der Waals surface area contributed by atoms with E-state index in [0.717, 1.165) is 35.5 Å². The molecule has 6 nitrogen and oxygen atoms in total. The lowest BCUT2D eigenvalue weighted by atomic mass is 10.2. The zero-order chi connectivity index (χ0) is 22.6. The highest BCUT2D eigenvalue weighted by molar-refractivity contribution is 5.62. The van der Waals surface area contributed by atoms with Gasteiger partial charge >= 0.3 is 0 Å². The fourth-order valence-electron chi connectivity index (χ4n) is 4.10. The zero-order valence-corrected chi connectivity index (χ0v) is 19.0. The van der Waals surface area contributed by atoms with E-state index in [2.05, 4.69) is 58.4 Å². The lowest BCUT2D eigenvalue weighted by Crippen LogP contribution is -2.31. The summed E-state index contributed by atoms with van der Waals surface area (Å²) in [6, 6.07) is 26.8. The number of hydrogen-bond acceptors (Lipinski definition) is 6. The number of anilines is 1. The molecule has 0 radical (unpaired) electrons. The maximum absolute atomic E-state index is 5.96. The number of hydrogen-bond donors (Lipinski definition) is 0. The van der Waals surface area contributed by atoms with Crippen LogP contribution in [-0.4, -0.2) is 48.3 Å². The molecular weight excluding hydrogens is 412 g/mol. The quantitative estimate of drug-likeness (QED) is 0.397. The molecule has 5 rings (SSSR count). The highest BCUT2D eigenvalue weighted by atomic mass is 16.5. The summed E-state index contributed by atoms with van der Waals surface area (Å²) >= 11 is 0. The van der Waals surface area contributed by atoms with E-state index in [1.165, 1.54) is 12.1 Å². The van der Waals surface area contributed by atoms with Gasteiger partial charge < -0.3 is 19.0 Å². The number of ether oxygens (including phenoxy) is 1. The van der Waals surface area contributed by atoms with Crippen LogP contribution in [-0.2, 0) is 6.61 Å². The van der Waals surface area contributed by atoms with E-state index >= 15 is 0 Å². The molecule has 0 aliphatic carbocycles. The van der Waals surface area contributed by atoms with E-state index < -0.39 is 0 Å². The minimum absolute atomic E-state index is 0.497. The van der Waals surface area contributed by atoms with E-state index in [1.807, 2.05) is 54.6 Å². The largest absolute Gasteiger partial charge is 0.489 e. The minimum atomic E-state index is 0.497. The van der Waals surface area contributed by atoms with Gasteiger partial charge in [0.1, 0.15) is 12.4 Å². The van der Waals surface area contributed by atoms with Gasteiger partial charge in [-0.1, -0.05) is 30.3 Å². The van der Waals surface area contributed by atoms with Gasteiger partial charge in [-0.3, -0.25) is 0 Å². The monoisotopic (exact) mass is 440 g/mol. The lowest BCUT2D eigenvalue weighted by molar-refractivity contribution is 0.306. The van der Waals surface area contributed by atoms with E-state index in [9.17, 15) is 0 Å². The third kappa shape index (κ3) is 4.91. The average molecular weight is 441 g/mol. The van der Waals surface area contributed by atoms with Crippen molar-refractivity contribution < 1.29 is 9.15 Å². The number of benzene rings is 3. The SMILES string of the molecule is CN(C)C1CCN(c2ccc(-c3nnc(-c4ccc(OCc5ccccc5)cc4)o3)cc2)C1. The lowest BCUT2D eigenvalue weighted by Gasteiger charge is -2.21. The molecule has 1 aliphatic heterocycles. The molecular formula is C27H28N4O2. The summed E-state index contributed by atoms with van der Waals surface area (Å²) < 4.78 is 11.8. The van der Waals surface area contributed by atoms with Gasteiger partial charge in [-0.2, -0.15) is 0 Å². The third-order valence-electron chi connectivity index (χ3n) is 6.15. The van der Waals surface area contributed by atoms with E-state index in [1.54, 1.807) is 0 Å². The molecule has 0 saturated carbocycles. The van der Waals surface area contributed by atoms with Gasteiger partial charge in [0, 0.05) is 35.9 Å². The average Bonchev–Trinajstić information content (AvgIpc) is 3.55. The first-order valence-corrected chi connectivity index (χ1v) is 11.3. The smallest absolute Gasteiger partial charge is 0.248 e. The van der Waals surface area contributed by atoms with E-state index in [-0.39, 0.29) is 0 Å².